The van der Waals surface area contributed by atoms with Gasteiger partial charge in [0, 0.05) is 12.6 Å². The van der Waals surface area contributed by atoms with Crippen molar-refractivity contribution in [2.24, 2.45) is 10.9 Å². The molecule has 0 aliphatic heterocycles. The van der Waals surface area contributed by atoms with Gasteiger partial charge < -0.3 is 5.73 Å². The van der Waals surface area contributed by atoms with Crippen molar-refractivity contribution in [3.63, 3.8) is 0 Å². The zero-order valence-electron chi connectivity index (χ0n) is 6.58. The first-order valence-electron chi connectivity index (χ1n) is 3.45. The van der Waals surface area contributed by atoms with E-state index < -0.39 is 10.2 Å². The summed E-state index contributed by atoms with van der Waals surface area (Å²) in [5.41, 5.74) is 5.43. The van der Waals surface area contributed by atoms with Crippen LogP contribution in [-0.2, 0) is 10.2 Å². The van der Waals surface area contributed by atoms with E-state index in [1.165, 1.54) is 0 Å². The second-order valence-corrected chi connectivity index (χ2v) is 3.94. The van der Waals surface area contributed by atoms with E-state index in [0.717, 1.165) is 6.42 Å². The van der Waals surface area contributed by atoms with Crippen LogP contribution in [0, 0.1) is 0 Å². The topological polar surface area (TPSA) is 98.2 Å². The quantitative estimate of drug-likeness (QED) is 0.470. The molecule has 0 amide bonds. The van der Waals surface area contributed by atoms with Crippen molar-refractivity contribution >= 4 is 10.2 Å². The fourth-order valence-corrected chi connectivity index (χ4v) is 1.07. The molecule has 5 N–H and O–H groups in total. The summed E-state index contributed by atoms with van der Waals surface area (Å²) in [6.45, 7) is 2.23. The molecule has 0 rings (SSSR count). The van der Waals surface area contributed by atoms with Crippen LogP contribution in [-0.4, -0.2) is 21.0 Å². The SMILES string of the molecule is CC(N)CCCNS(N)(=O)=O. The molecule has 0 bridgehead atoms. The first kappa shape index (κ1) is 10.8. The molecule has 0 radical (unpaired) electrons. The summed E-state index contributed by atoms with van der Waals surface area (Å²) >= 11 is 0. The predicted octanol–water partition coefficient (Wildman–Crippen LogP) is -1.09. The highest BCUT2D eigenvalue weighted by molar-refractivity contribution is 7.87. The maximum Gasteiger partial charge on any atom is 0.274 e. The maximum absolute atomic E-state index is 10.3. The van der Waals surface area contributed by atoms with Gasteiger partial charge in [0.05, 0.1) is 0 Å². The van der Waals surface area contributed by atoms with Gasteiger partial charge in [-0.1, -0.05) is 0 Å². The zero-order chi connectivity index (χ0) is 8.91. The minimum atomic E-state index is -3.51. The second kappa shape index (κ2) is 4.66. The Bertz CT molecular complexity index is 188. The molecule has 0 heterocycles. The van der Waals surface area contributed by atoms with Crippen LogP contribution in [0.25, 0.3) is 0 Å². The van der Waals surface area contributed by atoms with Crippen molar-refractivity contribution in [3.8, 4) is 0 Å². The molecule has 1 unspecified atom stereocenters. The Labute approximate surface area is 67.3 Å². The molecule has 5 nitrogen and oxygen atoms in total. The van der Waals surface area contributed by atoms with Gasteiger partial charge in [0.15, 0.2) is 0 Å². The minimum Gasteiger partial charge on any atom is -0.328 e. The third-order valence-electron chi connectivity index (χ3n) is 1.14. The summed E-state index contributed by atoms with van der Waals surface area (Å²) in [4.78, 5) is 0. The molecule has 0 aromatic carbocycles. The molecular weight excluding hydrogens is 166 g/mol. The standard InChI is InChI=1S/C5H15N3O2S/c1-5(6)3-2-4-8-11(7,9)10/h5,8H,2-4,6H2,1H3,(H2,7,9,10). The van der Waals surface area contributed by atoms with Crippen LogP contribution in [0.4, 0.5) is 0 Å². The highest BCUT2D eigenvalue weighted by Crippen LogP contribution is 1.90. The summed E-state index contributed by atoms with van der Waals surface area (Å²) in [7, 11) is -3.51. The number of rotatable bonds is 5. The van der Waals surface area contributed by atoms with Crippen LogP contribution in [0.2, 0.25) is 0 Å². The van der Waals surface area contributed by atoms with E-state index in [0.29, 0.717) is 13.0 Å². The number of nitrogens with one attached hydrogen (secondary N) is 1. The van der Waals surface area contributed by atoms with E-state index in [9.17, 15) is 8.42 Å². The first-order chi connectivity index (χ1) is 4.92. The molecule has 0 saturated heterocycles. The molecule has 0 saturated carbocycles. The van der Waals surface area contributed by atoms with Gasteiger partial charge in [0.2, 0.25) is 0 Å². The molecule has 1 atom stereocenters. The molecule has 0 fully saturated rings. The van der Waals surface area contributed by atoms with E-state index in [4.69, 9.17) is 5.73 Å². The zero-order valence-corrected chi connectivity index (χ0v) is 7.39. The minimum absolute atomic E-state index is 0.109. The Hall–Kier alpha value is -0.170. The van der Waals surface area contributed by atoms with E-state index in [-0.39, 0.29) is 6.04 Å². The van der Waals surface area contributed by atoms with Gasteiger partial charge in [-0.25, -0.2) is 9.86 Å². The largest absolute Gasteiger partial charge is 0.328 e. The van der Waals surface area contributed by atoms with Crippen molar-refractivity contribution in [1.29, 1.82) is 0 Å². The lowest BCUT2D eigenvalue weighted by molar-refractivity contribution is 0.569. The highest BCUT2D eigenvalue weighted by Gasteiger charge is 1.99. The van der Waals surface area contributed by atoms with Crippen LogP contribution >= 0.6 is 0 Å². The average molecular weight is 181 g/mol. The van der Waals surface area contributed by atoms with Gasteiger partial charge in [0.25, 0.3) is 10.2 Å². The van der Waals surface area contributed by atoms with Gasteiger partial charge >= 0.3 is 0 Å². The van der Waals surface area contributed by atoms with Gasteiger partial charge in [-0.3, -0.25) is 0 Å². The summed E-state index contributed by atoms with van der Waals surface area (Å²) in [6.07, 6.45) is 1.51. The van der Waals surface area contributed by atoms with Crippen molar-refractivity contribution in [2.75, 3.05) is 6.54 Å². The first-order valence-corrected chi connectivity index (χ1v) is 4.99. The fourth-order valence-electron chi connectivity index (χ4n) is 0.638. The predicted molar refractivity (Wildman–Crippen MR) is 44.0 cm³/mol. The van der Waals surface area contributed by atoms with Crippen molar-refractivity contribution < 1.29 is 8.42 Å². The van der Waals surface area contributed by atoms with Crippen molar-refractivity contribution in [2.45, 2.75) is 25.8 Å². The molecule has 6 heteroatoms. The van der Waals surface area contributed by atoms with E-state index in [1.807, 2.05) is 6.92 Å². The summed E-state index contributed by atoms with van der Waals surface area (Å²) in [6, 6.07) is 0.109. The summed E-state index contributed by atoms with van der Waals surface area (Å²) in [5, 5.41) is 4.68. The lowest BCUT2D eigenvalue weighted by Crippen LogP contribution is -2.32. The van der Waals surface area contributed by atoms with Gasteiger partial charge in [-0.15, -0.1) is 0 Å². The Morgan fingerprint density at radius 1 is 1.55 bits per heavy atom. The van der Waals surface area contributed by atoms with Crippen molar-refractivity contribution in [1.82, 2.24) is 4.72 Å². The van der Waals surface area contributed by atoms with Crippen LogP contribution in [0.15, 0.2) is 0 Å². The third kappa shape index (κ3) is 9.83. The van der Waals surface area contributed by atoms with E-state index >= 15 is 0 Å². The number of nitrogens with two attached hydrogens (primary N) is 2. The summed E-state index contributed by atoms with van der Waals surface area (Å²) in [5.74, 6) is 0. The van der Waals surface area contributed by atoms with Crippen LogP contribution < -0.4 is 15.6 Å². The maximum atomic E-state index is 10.3. The average Bonchev–Trinajstić information content (AvgIpc) is 1.78. The highest BCUT2D eigenvalue weighted by atomic mass is 32.2. The Morgan fingerprint density at radius 3 is 2.45 bits per heavy atom. The van der Waals surface area contributed by atoms with Crippen LogP contribution in [0.1, 0.15) is 19.8 Å². The number of hydrogen-bond donors (Lipinski definition) is 3. The van der Waals surface area contributed by atoms with Crippen molar-refractivity contribution in [3.05, 3.63) is 0 Å². The Balaban J connectivity index is 3.30. The molecule has 68 valence electrons. The van der Waals surface area contributed by atoms with Crippen LogP contribution in [0.5, 0.6) is 0 Å². The van der Waals surface area contributed by atoms with Gasteiger partial charge in [-0.2, -0.15) is 8.42 Å². The molecule has 0 spiro atoms. The smallest absolute Gasteiger partial charge is 0.274 e. The molecule has 0 aliphatic carbocycles. The fraction of sp³-hybridized carbons (Fsp3) is 1.00. The summed E-state index contributed by atoms with van der Waals surface area (Å²) < 4.78 is 22.8. The van der Waals surface area contributed by atoms with Gasteiger partial charge in [0.1, 0.15) is 0 Å². The van der Waals surface area contributed by atoms with E-state index in [1.54, 1.807) is 0 Å². The lowest BCUT2D eigenvalue weighted by atomic mass is 10.2. The van der Waals surface area contributed by atoms with Crippen LogP contribution in [0.3, 0.4) is 0 Å². The molecule has 0 aromatic rings. The normalized spacial score (nSPS) is 14.8. The third-order valence-corrected chi connectivity index (χ3v) is 1.75. The number of hydrogen-bond acceptors (Lipinski definition) is 3. The van der Waals surface area contributed by atoms with Gasteiger partial charge in [-0.05, 0) is 19.8 Å². The lowest BCUT2D eigenvalue weighted by Gasteiger charge is -2.04. The monoisotopic (exact) mass is 181 g/mol. The molecular formula is C5H15N3O2S. The Kier molecular flexibility index (Phi) is 4.58. The molecule has 0 aromatic heterocycles. The van der Waals surface area contributed by atoms with E-state index in [2.05, 4.69) is 9.86 Å². The second-order valence-electron chi connectivity index (χ2n) is 2.56. The molecule has 0 aliphatic rings. The molecule has 11 heavy (non-hydrogen) atoms. The Morgan fingerprint density at radius 2 is 2.09 bits per heavy atom.